The topological polar surface area (TPSA) is 53.5 Å². The number of likely N-dealkylation sites (N-methyl/N-ethyl adjacent to an activating group) is 2. The van der Waals surface area contributed by atoms with E-state index in [2.05, 4.69) is 9.88 Å². The van der Waals surface area contributed by atoms with Gasteiger partial charge >= 0.3 is 0 Å². The number of aromatic nitrogens is 1. The normalized spacial score (nSPS) is 22.0. The third kappa shape index (κ3) is 3.68. The molecule has 1 aliphatic rings. The van der Waals surface area contributed by atoms with Crippen molar-refractivity contribution in [2.45, 2.75) is 31.8 Å². The summed E-state index contributed by atoms with van der Waals surface area (Å²) in [5, 5.41) is 0. The van der Waals surface area contributed by atoms with Crippen molar-refractivity contribution in [3.8, 4) is 0 Å². The number of nitrogens with zero attached hydrogens (tertiary/aromatic N) is 3. The van der Waals surface area contributed by atoms with Crippen molar-refractivity contribution in [2.75, 3.05) is 20.6 Å². The number of hydrogen-bond acceptors (Lipinski definition) is 4. The zero-order valence-corrected chi connectivity index (χ0v) is 13.2. The van der Waals surface area contributed by atoms with Crippen LogP contribution in [0.1, 0.15) is 30.3 Å². The van der Waals surface area contributed by atoms with Crippen LogP contribution in [0.25, 0.3) is 0 Å². The van der Waals surface area contributed by atoms with Crippen molar-refractivity contribution >= 4 is 12.2 Å². The van der Waals surface area contributed by atoms with Gasteiger partial charge in [-0.2, -0.15) is 0 Å². The van der Waals surface area contributed by atoms with Gasteiger partial charge in [-0.05, 0) is 32.9 Å². The van der Waals surface area contributed by atoms with E-state index in [1.165, 1.54) is 12.3 Å². The van der Waals surface area contributed by atoms with Gasteiger partial charge < -0.3 is 9.69 Å². The Morgan fingerprint density at radius 3 is 2.77 bits per heavy atom. The molecule has 5 nitrogen and oxygen atoms in total. The highest BCUT2D eigenvalue weighted by Crippen LogP contribution is 2.30. The fourth-order valence-electron chi connectivity index (χ4n) is 2.76. The van der Waals surface area contributed by atoms with E-state index in [0.717, 1.165) is 25.2 Å². The van der Waals surface area contributed by atoms with Gasteiger partial charge in [-0.25, -0.2) is 4.39 Å². The van der Waals surface area contributed by atoms with Gasteiger partial charge in [0.2, 0.25) is 0 Å². The second kappa shape index (κ2) is 6.96. The molecule has 0 radical (unpaired) electrons. The summed E-state index contributed by atoms with van der Waals surface area (Å²) in [5.41, 5.74) is 0.113. The Morgan fingerprint density at radius 1 is 1.50 bits per heavy atom. The van der Waals surface area contributed by atoms with Crippen molar-refractivity contribution in [1.29, 1.82) is 0 Å². The van der Waals surface area contributed by atoms with Gasteiger partial charge in [0.25, 0.3) is 5.91 Å². The lowest BCUT2D eigenvalue weighted by Crippen LogP contribution is -2.50. The lowest BCUT2D eigenvalue weighted by atomic mass is 9.80. The molecule has 0 saturated heterocycles. The minimum absolute atomic E-state index is 0.113. The summed E-state index contributed by atoms with van der Waals surface area (Å²) >= 11 is 0. The average Bonchev–Trinajstić information content (AvgIpc) is 2.45. The minimum atomic E-state index is -0.466. The molecule has 0 bridgehead atoms. The van der Waals surface area contributed by atoms with Gasteiger partial charge in [0.05, 0.1) is 0 Å². The van der Waals surface area contributed by atoms with Crippen LogP contribution in [0.15, 0.2) is 18.3 Å². The fourth-order valence-corrected chi connectivity index (χ4v) is 2.76. The number of carbonyl (C=O) groups is 2. The Balaban J connectivity index is 1.89. The molecule has 120 valence electrons. The van der Waals surface area contributed by atoms with Gasteiger partial charge in [0.15, 0.2) is 0 Å². The Morgan fingerprint density at radius 2 is 2.18 bits per heavy atom. The highest BCUT2D eigenvalue weighted by molar-refractivity contribution is 5.92. The van der Waals surface area contributed by atoms with E-state index in [1.807, 2.05) is 14.0 Å². The van der Waals surface area contributed by atoms with Crippen LogP contribution >= 0.6 is 0 Å². The standard InChI is InChI=1S/C16H22FN3O2/c1-11(20(3)14-6-12(7-14)10-21)9-19(2)16(22)15-8-13(17)4-5-18-15/h4-5,8,10-12,14H,6-7,9H2,1-3H3. The molecule has 1 aliphatic carbocycles. The molecule has 2 rings (SSSR count). The van der Waals surface area contributed by atoms with Crippen LogP contribution in [0.2, 0.25) is 0 Å². The zero-order valence-electron chi connectivity index (χ0n) is 13.2. The first kappa shape index (κ1) is 16.5. The van der Waals surface area contributed by atoms with E-state index in [4.69, 9.17) is 0 Å². The molecule has 0 aromatic carbocycles. The summed E-state index contributed by atoms with van der Waals surface area (Å²) in [6, 6.07) is 2.90. The van der Waals surface area contributed by atoms with Crippen LogP contribution in [0.3, 0.4) is 0 Å². The van der Waals surface area contributed by atoms with E-state index in [0.29, 0.717) is 12.6 Å². The average molecular weight is 307 g/mol. The Hall–Kier alpha value is -1.82. The van der Waals surface area contributed by atoms with Gasteiger partial charge in [0.1, 0.15) is 17.8 Å². The molecule has 1 saturated carbocycles. The van der Waals surface area contributed by atoms with E-state index >= 15 is 0 Å². The summed E-state index contributed by atoms with van der Waals surface area (Å²) in [5.74, 6) is -0.582. The van der Waals surface area contributed by atoms with E-state index in [9.17, 15) is 14.0 Å². The summed E-state index contributed by atoms with van der Waals surface area (Å²) in [4.78, 5) is 30.6. The fraction of sp³-hybridized carbons (Fsp3) is 0.562. The second-order valence-electron chi connectivity index (χ2n) is 6.08. The monoisotopic (exact) mass is 307 g/mol. The van der Waals surface area contributed by atoms with Crippen LogP contribution in [0.4, 0.5) is 4.39 Å². The van der Waals surface area contributed by atoms with E-state index in [-0.39, 0.29) is 23.6 Å². The largest absolute Gasteiger partial charge is 0.339 e. The number of carbonyl (C=O) groups excluding carboxylic acids is 2. The molecule has 1 amide bonds. The molecule has 6 heteroatoms. The predicted octanol–water partition coefficient (Wildman–Crippen LogP) is 1.59. The molecule has 1 unspecified atom stereocenters. The summed E-state index contributed by atoms with van der Waals surface area (Å²) < 4.78 is 13.2. The maximum Gasteiger partial charge on any atom is 0.272 e. The summed E-state index contributed by atoms with van der Waals surface area (Å²) in [6.07, 6.45) is 4.07. The number of rotatable bonds is 6. The van der Waals surface area contributed by atoms with Crippen molar-refractivity contribution in [3.63, 3.8) is 0 Å². The van der Waals surface area contributed by atoms with Gasteiger partial charge in [0, 0.05) is 43.9 Å². The van der Waals surface area contributed by atoms with Crippen molar-refractivity contribution < 1.29 is 14.0 Å². The molecule has 1 heterocycles. The van der Waals surface area contributed by atoms with Crippen LogP contribution in [-0.2, 0) is 4.79 Å². The van der Waals surface area contributed by atoms with Gasteiger partial charge in [-0.1, -0.05) is 0 Å². The lowest BCUT2D eigenvalue weighted by Gasteiger charge is -2.42. The molecular weight excluding hydrogens is 285 g/mol. The number of hydrogen-bond donors (Lipinski definition) is 0. The van der Waals surface area contributed by atoms with Crippen molar-refractivity contribution in [2.24, 2.45) is 5.92 Å². The lowest BCUT2D eigenvalue weighted by molar-refractivity contribution is -0.115. The summed E-state index contributed by atoms with van der Waals surface area (Å²) in [6.45, 7) is 2.56. The van der Waals surface area contributed by atoms with Gasteiger partial charge in [-0.15, -0.1) is 0 Å². The van der Waals surface area contributed by atoms with Gasteiger partial charge in [-0.3, -0.25) is 14.7 Å². The van der Waals surface area contributed by atoms with Crippen LogP contribution in [0.5, 0.6) is 0 Å². The third-order valence-corrected chi connectivity index (χ3v) is 4.44. The molecule has 1 aromatic heterocycles. The molecule has 22 heavy (non-hydrogen) atoms. The first-order chi connectivity index (χ1) is 10.4. The van der Waals surface area contributed by atoms with Crippen LogP contribution < -0.4 is 0 Å². The van der Waals surface area contributed by atoms with Crippen LogP contribution in [0, 0.1) is 11.7 Å². The minimum Gasteiger partial charge on any atom is -0.339 e. The quantitative estimate of drug-likeness (QED) is 0.749. The second-order valence-corrected chi connectivity index (χ2v) is 6.08. The molecule has 1 atom stereocenters. The number of amides is 1. The maximum absolute atomic E-state index is 13.2. The predicted molar refractivity (Wildman–Crippen MR) is 81.0 cm³/mol. The highest BCUT2D eigenvalue weighted by Gasteiger charge is 2.33. The first-order valence-corrected chi connectivity index (χ1v) is 7.46. The Kier molecular flexibility index (Phi) is 5.24. The smallest absolute Gasteiger partial charge is 0.272 e. The Bertz CT molecular complexity index is 546. The maximum atomic E-state index is 13.2. The molecule has 0 aliphatic heterocycles. The van der Waals surface area contributed by atoms with E-state index < -0.39 is 5.82 Å². The SMILES string of the molecule is CC(CN(C)C(=O)c1cc(F)ccn1)N(C)C1CC(C=O)C1. The number of pyridine rings is 1. The van der Waals surface area contributed by atoms with Crippen molar-refractivity contribution in [3.05, 3.63) is 29.8 Å². The van der Waals surface area contributed by atoms with Crippen LogP contribution in [-0.4, -0.2) is 59.7 Å². The third-order valence-electron chi connectivity index (χ3n) is 4.44. The highest BCUT2D eigenvalue weighted by atomic mass is 19.1. The first-order valence-electron chi connectivity index (χ1n) is 7.46. The molecule has 0 N–H and O–H groups in total. The van der Waals surface area contributed by atoms with E-state index in [1.54, 1.807) is 11.9 Å². The molecular formula is C16H22FN3O2. The summed E-state index contributed by atoms with van der Waals surface area (Å²) in [7, 11) is 3.70. The number of aldehydes is 1. The Labute approximate surface area is 130 Å². The molecule has 1 fully saturated rings. The molecule has 0 spiro atoms. The van der Waals surface area contributed by atoms with Crippen molar-refractivity contribution in [1.82, 2.24) is 14.8 Å². The zero-order chi connectivity index (χ0) is 16.3. The number of halogens is 1. The molecule has 1 aromatic rings.